The van der Waals surface area contributed by atoms with Crippen molar-refractivity contribution in [3.05, 3.63) is 71.3 Å². The Balaban J connectivity index is 2.10. The van der Waals surface area contributed by atoms with Gasteiger partial charge in [-0.2, -0.15) is 0 Å². The number of methoxy groups -OCH3 is 1. The summed E-state index contributed by atoms with van der Waals surface area (Å²) in [5.74, 6) is -0.287. The number of carbonyl (C=O) groups excluding carboxylic acids is 1. The molecule has 0 aliphatic rings. The van der Waals surface area contributed by atoms with E-state index in [1.165, 1.54) is 12.5 Å². The van der Waals surface area contributed by atoms with Crippen LogP contribution in [-0.2, 0) is 14.3 Å². The van der Waals surface area contributed by atoms with E-state index >= 15 is 0 Å². The van der Waals surface area contributed by atoms with Crippen molar-refractivity contribution < 1.29 is 14.3 Å². The zero-order chi connectivity index (χ0) is 17.4. The molecule has 2 aromatic carbocycles. The number of hydrogen-bond acceptors (Lipinski definition) is 4. The van der Waals surface area contributed by atoms with E-state index in [0.717, 1.165) is 11.1 Å². The van der Waals surface area contributed by atoms with E-state index in [-0.39, 0.29) is 18.1 Å². The molecule has 2 rings (SSSR count). The molecular formula is C20H25NO3. The lowest BCUT2D eigenvalue weighted by atomic mass is 10.0. The van der Waals surface area contributed by atoms with Gasteiger partial charge in [0.25, 0.3) is 0 Å². The molecule has 0 fully saturated rings. The molecule has 0 radical (unpaired) electrons. The summed E-state index contributed by atoms with van der Waals surface area (Å²) in [7, 11) is 1.68. The van der Waals surface area contributed by atoms with Gasteiger partial charge in [0.05, 0.1) is 12.6 Å². The van der Waals surface area contributed by atoms with Crippen LogP contribution >= 0.6 is 0 Å². The first-order chi connectivity index (χ1) is 11.6. The maximum atomic E-state index is 11.5. The van der Waals surface area contributed by atoms with Crippen molar-refractivity contribution in [2.45, 2.75) is 26.0 Å². The second-order valence-corrected chi connectivity index (χ2v) is 5.84. The molecule has 2 atom stereocenters. The van der Waals surface area contributed by atoms with Crippen LogP contribution in [-0.4, -0.2) is 26.2 Å². The molecule has 0 saturated heterocycles. The number of carbonyl (C=O) groups is 1. The Morgan fingerprint density at radius 1 is 1.04 bits per heavy atom. The van der Waals surface area contributed by atoms with E-state index in [1.807, 2.05) is 49.4 Å². The Hall–Kier alpha value is -2.17. The Morgan fingerprint density at radius 3 is 2.29 bits per heavy atom. The quantitative estimate of drug-likeness (QED) is 0.753. The van der Waals surface area contributed by atoms with Crippen LogP contribution in [0.1, 0.15) is 35.8 Å². The SMILES string of the molecule is COC[C@@H](NC[C@H](OC(C)=O)c1ccc(C)cc1)c1ccccc1. The lowest BCUT2D eigenvalue weighted by Crippen LogP contribution is -2.31. The van der Waals surface area contributed by atoms with Gasteiger partial charge < -0.3 is 14.8 Å². The zero-order valence-electron chi connectivity index (χ0n) is 14.5. The van der Waals surface area contributed by atoms with Gasteiger partial charge >= 0.3 is 5.97 Å². The average molecular weight is 327 g/mol. The molecule has 0 amide bonds. The lowest BCUT2D eigenvalue weighted by Gasteiger charge is -2.23. The van der Waals surface area contributed by atoms with Crippen LogP contribution < -0.4 is 5.32 Å². The normalized spacial score (nSPS) is 13.3. The van der Waals surface area contributed by atoms with Crippen LogP contribution in [0.4, 0.5) is 0 Å². The van der Waals surface area contributed by atoms with Crippen LogP contribution in [0.25, 0.3) is 0 Å². The predicted molar refractivity (Wildman–Crippen MR) is 94.7 cm³/mol. The number of nitrogens with one attached hydrogen (secondary N) is 1. The molecule has 24 heavy (non-hydrogen) atoms. The standard InChI is InChI=1S/C20H25NO3/c1-15-9-11-18(12-10-15)20(24-16(2)22)13-21-19(14-23-3)17-7-5-4-6-8-17/h4-12,19-21H,13-14H2,1-3H3/t19-,20+/m1/s1. The fourth-order valence-electron chi connectivity index (χ4n) is 2.58. The Bertz CT molecular complexity index is 625. The van der Waals surface area contributed by atoms with Gasteiger partial charge in [-0.3, -0.25) is 4.79 Å². The van der Waals surface area contributed by atoms with Crippen molar-refractivity contribution in [2.75, 3.05) is 20.3 Å². The maximum absolute atomic E-state index is 11.5. The van der Waals surface area contributed by atoms with E-state index < -0.39 is 0 Å². The molecule has 0 spiro atoms. The van der Waals surface area contributed by atoms with Crippen molar-refractivity contribution in [2.24, 2.45) is 0 Å². The maximum Gasteiger partial charge on any atom is 0.303 e. The molecule has 4 heteroatoms. The first-order valence-electron chi connectivity index (χ1n) is 8.11. The van der Waals surface area contributed by atoms with Gasteiger partial charge in [-0.1, -0.05) is 60.2 Å². The van der Waals surface area contributed by atoms with Gasteiger partial charge in [-0.15, -0.1) is 0 Å². The Morgan fingerprint density at radius 2 is 1.71 bits per heavy atom. The monoisotopic (exact) mass is 327 g/mol. The van der Waals surface area contributed by atoms with Gasteiger partial charge in [-0.25, -0.2) is 0 Å². The highest BCUT2D eigenvalue weighted by atomic mass is 16.5. The molecule has 0 saturated carbocycles. The molecule has 0 bridgehead atoms. The molecule has 0 aromatic heterocycles. The summed E-state index contributed by atoms with van der Waals surface area (Å²) in [6.45, 7) is 4.54. The highest BCUT2D eigenvalue weighted by Gasteiger charge is 2.18. The van der Waals surface area contributed by atoms with Crippen LogP contribution in [0.2, 0.25) is 0 Å². The summed E-state index contributed by atoms with van der Waals surface area (Å²) in [4.78, 5) is 11.5. The molecule has 0 unspecified atom stereocenters. The van der Waals surface area contributed by atoms with Crippen molar-refractivity contribution in [1.29, 1.82) is 0 Å². The van der Waals surface area contributed by atoms with Gasteiger partial charge in [0.15, 0.2) is 0 Å². The van der Waals surface area contributed by atoms with Crippen molar-refractivity contribution in [3.8, 4) is 0 Å². The summed E-state index contributed by atoms with van der Waals surface area (Å²) < 4.78 is 10.8. The van der Waals surface area contributed by atoms with Gasteiger partial charge in [0.2, 0.25) is 0 Å². The van der Waals surface area contributed by atoms with Crippen molar-refractivity contribution in [3.63, 3.8) is 0 Å². The number of ether oxygens (including phenoxy) is 2. The average Bonchev–Trinajstić information content (AvgIpc) is 2.58. The van der Waals surface area contributed by atoms with Crippen LogP contribution in [0, 0.1) is 6.92 Å². The lowest BCUT2D eigenvalue weighted by molar-refractivity contribution is -0.146. The summed E-state index contributed by atoms with van der Waals surface area (Å²) >= 11 is 0. The topological polar surface area (TPSA) is 47.6 Å². The zero-order valence-corrected chi connectivity index (χ0v) is 14.5. The van der Waals surface area contributed by atoms with Crippen molar-refractivity contribution >= 4 is 5.97 Å². The number of rotatable bonds is 8. The molecular weight excluding hydrogens is 302 g/mol. The van der Waals surface area contributed by atoms with E-state index in [4.69, 9.17) is 9.47 Å². The van der Waals surface area contributed by atoms with E-state index in [9.17, 15) is 4.79 Å². The third kappa shape index (κ3) is 5.48. The largest absolute Gasteiger partial charge is 0.456 e. The second-order valence-electron chi connectivity index (χ2n) is 5.84. The van der Waals surface area contributed by atoms with Crippen LogP contribution in [0.5, 0.6) is 0 Å². The van der Waals surface area contributed by atoms with E-state index in [2.05, 4.69) is 17.4 Å². The number of esters is 1. The Labute approximate surface area is 143 Å². The summed E-state index contributed by atoms with van der Waals surface area (Å²) in [6.07, 6.45) is -0.328. The van der Waals surface area contributed by atoms with E-state index in [1.54, 1.807) is 7.11 Å². The van der Waals surface area contributed by atoms with Gasteiger partial charge in [0, 0.05) is 20.6 Å². The molecule has 2 aromatic rings. The summed E-state index contributed by atoms with van der Waals surface area (Å²) in [5, 5.41) is 3.45. The third-order valence-corrected chi connectivity index (χ3v) is 3.84. The highest BCUT2D eigenvalue weighted by molar-refractivity contribution is 5.66. The number of hydrogen-bond donors (Lipinski definition) is 1. The fraction of sp³-hybridized carbons (Fsp3) is 0.350. The number of aryl methyl sites for hydroxylation is 1. The van der Waals surface area contributed by atoms with Gasteiger partial charge in [-0.05, 0) is 18.1 Å². The molecule has 128 valence electrons. The van der Waals surface area contributed by atoms with Crippen molar-refractivity contribution in [1.82, 2.24) is 5.32 Å². The predicted octanol–water partition coefficient (Wildman–Crippen LogP) is 3.58. The van der Waals surface area contributed by atoms with E-state index in [0.29, 0.717) is 13.2 Å². The highest BCUT2D eigenvalue weighted by Crippen LogP contribution is 2.20. The second kappa shape index (κ2) is 9.21. The minimum Gasteiger partial charge on any atom is -0.456 e. The minimum absolute atomic E-state index is 0.0414. The third-order valence-electron chi connectivity index (χ3n) is 3.84. The molecule has 0 heterocycles. The van der Waals surface area contributed by atoms with Crippen LogP contribution in [0.3, 0.4) is 0 Å². The summed E-state index contributed by atoms with van der Waals surface area (Å²) in [5.41, 5.74) is 3.30. The minimum atomic E-state index is -0.328. The first kappa shape index (κ1) is 18.2. The van der Waals surface area contributed by atoms with Gasteiger partial charge in [0.1, 0.15) is 6.10 Å². The fourth-order valence-corrected chi connectivity index (χ4v) is 2.58. The summed E-state index contributed by atoms with van der Waals surface area (Å²) in [6, 6.07) is 18.2. The molecule has 0 aliphatic heterocycles. The number of benzene rings is 2. The Kier molecular flexibility index (Phi) is 6.97. The first-order valence-corrected chi connectivity index (χ1v) is 8.11. The molecule has 1 N–H and O–H groups in total. The van der Waals surface area contributed by atoms with Crippen LogP contribution in [0.15, 0.2) is 54.6 Å². The molecule has 0 aliphatic carbocycles. The smallest absolute Gasteiger partial charge is 0.303 e. The molecule has 4 nitrogen and oxygen atoms in total.